The summed E-state index contributed by atoms with van der Waals surface area (Å²) < 4.78 is 4.81. The van der Waals surface area contributed by atoms with Crippen molar-refractivity contribution in [2.75, 3.05) is 20.2 Å². The molecule has 0 amide bonds. The summed E-state index contributed by atoms with van der Waals surface area (Å²) >= 11 is 0. The molecule has 0 unspecified atom stereocenters. The molecule has 1 aliphatic carbocycles. The third kappa shape index (κ3) is 1.79. The van der Waals surface area contributed by atoms with E-state index in [4.69, 9.17) is 4.74 Å². The summed E-state index contributed by atoms with van der Waals surface area (Å²) in [4.78, 5) is 25.1. The van der Waals surface area contributed by atoms with Crippen molar-refractivity contribution < 1.29 is 14.3 Å². The van der Waals surface area contributed by atoms with Gasteiger partial charge in [-0.3, -0.25) is 9.59 Å². The van der Waals surface area contributed by atoms with Crippen molar-refractivity contribution in [2.24, 2.45) is 0 Å². The Hall–Kier alpha value is -1.58. The van der Waals surface area contributed by atoms with Gasteiger partial charge in [0.2, 0.25) is 11.6 Å². The molecule has 4 heteroatoms. The molecule has 1 aliphatic heterocycles. The van der Waals surface area contributed by atoms with Crippen LogP contribution in [-0.2, 0) is 14.3 Å². The minimum absolute atomic E-state index is 0.128. The molecule has 2 aliphatic rings. The topological polar surface area (TPSA) is 46.6 Å². The molecule has 80 valence electrons. The Morgan fingerprint density at radius 3 is 2.40 bits per heavy atom. The lowest BCUT2D eigenvalue weighted by Gasteiger charge is -2.21. The lowest BCUT2D eigenvalue weighted by atomic mass is 10.1. The number of hydrogen-bond donors (Lipinski definition) is 0. The maximum atomic E-state index is 11.7. The van der Waals surface area contributed by atoms with Gasteiger partial charge >= 0.3 is 0 Å². The molecule has 2 rings (SSSR count). The molecule has 0 aromatic carbocycles. The standard InChI is InChI=1S/C11H13NO3/c1-15-11-7-9(13)8(6-10(11)14)12-4-2-3-5-12/h6-7H,2-5H2,1H3. The fraction of sp³-hybridized carbons (Fsp3) is 0.455. The van der Waals surface area contributed by atoms with E-state index in [9.17, 15) is 9.59 Å². The summed E-state index contributed by atoms with van der Waals surface area (Å²) in [5.41, 5.74) is 0.512. The molecule has 1 saturated heterocycles. The van der Waals surface area contributed by atoms with Gasteiger partial charge in [-0.25, -0.2) is 0 Å². The number of likely N-dealkylation sites (tertiary alicyclic amines) is 1. The van der Waals surface area contributed by atoms with Gasteiger partial charge in [0.15, 0.2) is 5.76 Å². The number of carbonyl (C=O) groups excluding carboxylic acids is 2. The van der Waals surface area contributed by atoms with E-state index in [1.54, 1.807) is 0 Å². The van der Waals surface area contributed by atoms with E-state index in [0.29, 0.717) is 5.70 Å². The molecule has 1 fully saturated rings. The average Bonchev–Trinajstić information content (AvgIpc) is 2.74. The van der Waals surface area contributed by atoms with Crippen LogP contribution in [0.15, 0.2) is 23.6 Å². The zero-order valence-corrected chi connectivity index (χ0v) is 8.66. The Labute approximate surface area is 88.2 Å². The summed E-state index contributed by atoms with van der Waals surface area (Å²) in [7, 11) is 1.39. The summed E-state index contributed by atoms with van der Waals surface area (Å²) in [6.07, 6.45) is 4.82. The minimum Gasteiger partial charge on any atom is -0.493 e. The number of methoxy groups -OCH3 is 1. The molecule has 1 heterocycles. The van der Waals surface area contributed by atoms with Gasteiger partial charge in [-0.2, -0.15) is 0 Å². The third-order valence-corrected chi connectivity index (χ3v) is 2.69. The smallest absolute Gasteiger partial charge is 0.222 e. The van der Waals surface area contributed by atoms with Crippen LogP contribution in [0.1, 0.15) is 12.8 Å². The SMILES string of the molecule is COC1=CC(=O)C(N2CCCC2)=CC1=O. The maximum Gasteiger partial charge on any atom is 0.222 e. The first-order chi connectivity index (χ1) is 7.22. The predicted octanol–water partition coefficient (Wildman–Crippen LogP) is 0.648. The van der Waals surface area contributed by atoms with Crippen LogP contribution in [0.3, 0.4) is 0 Å². The summed E-state index contributed by atoms with van der Waals surface area (Å²) in [6.45, 7) is 1.72. The van der Waals surface area contributed by atoms with Crippen molar-refractivity contribution in [2.45, 2.75) is 12.8 Å². The van der Waals surface area contributed by atoms with Crippen LogP contribution in [0.2, 0.25) is 0 Å². The molecular formula is C11H13NO3. The van der Waals surface area contributed by atoms with Gasteiger partial charge in [0.1, 0.15) is 0 Å². The fourth-order valence-electron chi connectivity index (χ4n) is 1.90. The van der Waals surface area contributed by atoms with E-state index in [2.05, 4.69) is 0 Å². The summed E-state index contributed by atoms with van der Waals surface area (Å²) in [5.74, 6) is -0.227. The second-order valence-corrected chi connectivity index (χ2v) is 3.66. The molecule has 0 radical (unpaired) electrons. The first-order valence-electron chi connectivity index (χ1n) is 5.03. The van der Waals surface area contributed by atoms with Gasteiger partial charge < -0.3 is 9.64 Å². The number of hydrogen-bond acceptors (Lipinski definition) is 4. The predicted molar refractivity (Wildman–Crippen MR) is 54.0 cm³/mol. The van der Waals surface area contributed by atoms with E-state index < -0.39 is 0 Å². The van der Waals surface area contributed by atoms with Crippen LogP contribution in [0.4, 0.5) is 0 Å². The van der Waals surface area contributed by atoms with Crippen LogP contribution in [-0.4, -0.2) is 36.7 Å². The molecule has 0 saturated carbocycles. The number of nitrogens with zero attached hydrogens (tertiary/aromatic N) is 1. The second kappa shape index (κ2) is 3.88. The molecule has 0 aromatic heterocycles. The van der Waals surface area contributed by atoms with Crippen molar-refractivity contribution in [1.82, 2.24) is 4.90 Å². The number of carbonyl (C=O) groups is 2. The van der Waals surface area contributed by atoms with E-state index >= 15 is 0 Å². The van der Waals surface area contributed by atoms with Gasteiger partial charge in [0, 0.05) is 25.2 Å². The lowest BCUT2D eigenvalue weighted by Crippen LogP contribution is -2.27. The van der Waals surface area contributed by atoms with Crippen LogP contribution >= 0.6 is 0 Å². The zero-order chi connectivity index (χ0) is 10.8. The maximum absolute atomic E-state index is 11.7. The van der Waals surface area contributed by atoms with E-state index in [1.165, 1.54) is 19.3 Å². The van der Waals surface area contributed by atoms with Crippen LogP contribution in [0, 0.1) is 0 Å². The number of allylic oxidation sites excluding steroid dienone is 2. The highest BCUT2D eigenvalue weighted by molar-refractivity contribution is 6.18. The molecule has 0 N–H and O–H groups in total. The largest absolute Gasteiger partial charge is 0.493 e. The van der Waals surface area contributed by atoms with Gasteiger partial charge in [-0.05, 0) is 12.8 Å². The Balaban J connectivity index is 2.21. The van der Waals surface area contributed by atoms with E-state index in [0.717, 1.165) is 25.9 Å². The molecule has 4 nitrogen and oxygen atoms in total. The molecule has 0 aromatic rings. The highest BCUT2D eigenvalue weighted by atomic mass is 16.5. The summed E-state index contributed by atoms with van der Waals surface area (Å²) in [6, 6.07) is 0. The van der Waals surface area contributed by atoms with Crippen molar-refractivity contribution >= 4 is 11.6 Å². The lowest BCUT2D eigenvalue weighted by molar-refractivity contribution is -0.118. The Morgan fingerprint density at radius 2 is 1.80 bits per heavy atom. The monoisotopic (exact) mass is 207 g/mol. The van der Waals surface area contributed by atoms with Crippen molar-refractivity contribution in [3.05, 3.63) is 23.6 Å². The number of rotatable bonds is 2. The fourth-order valence-corrected chi connectivity index (χ4v) is 1.90. The third-order valence-electron chi connectivity index (χ3n) is 2.69. The normalized spacial score (nSPS) is 21.5. The van der Waals surface area contributed by atoms with Crippen LogP contribution < -0.4 is 0 Å². The molecule has 0 bridgehead atoms. The van der Waals surface area contributed by atoms with Crippen molar-refractivity contribution in [3.63, 3.8) is 0 Å². The van der Waals surface area contributed by atoms with E-state index in [-0.39, 0.29) is 17.3 Å². The first kappa shape index (κ1) is 9.96. The molecule has 0 spiro atoms. The first-order valence-corrected chi connectivity index (χ1v) is 5.03. The van der Waals surface area contributed by atoms with Crippen molar-refractivity contribution in [1.29, 1.82) is 0 Å². The summed E-state index contributed by atoms with van der Waals surface area (Å²) in [5, 5.41) is 0. The quantitative estimate of drug-likeness (QED) is 0.624. The molecule has 0 atom stereocenters. The second-order valence-electron chi connectivity index (χ2n) is 3.66. The zero-order valence-electron chi connectivity index (χ0n) is 8.66. The average molecular weight is 207 g/mol. The van der Waals surface area contributed by atoms with Gasteiger partial charge in [0.25, 0.3) is 0 Å². The van der Waals surface area contributed by atoms with Gasteiger partial charge in [-0.15, -0.1) is 0 Å². The highest BCUT2D eigenvalue weighted by Gasteiger charge is 2.26. The van der Waals surface area contributed by atoms with Crippen molar-refractivity contribution in [3.8, 4) is 0 Å². The van der Waals surface area contributed by atoms with Gasteiger partial charge in [-0.1, -0.05) is 0 Å². The molecule has 15 heavy (non-hydrogen) atoms. The van der Waals surface area contributed by atoms with Crippen LogP contribution in [0.5, 0.6) is 0 Å². The van der Waals surface area contributed by atoms with Gasteiger partial charge in [0.05, 0.1) is 12.8 Å². The van der Waals surface area contributed by atoms with E-state index in [1.807, 2.05) is 4.90 Å². The Kier molecular flexibility index (Phi) is 2.58. The number of ether oxygens (including phenoxy) is 1. The highest BCUT2D eigenvalue weighted by Crippen LogP contribution is 2.20. The Morgan fingerprint density at radius 1 is 1.13 bits per heavy atom. The Bertz CT molecular complexity index is 362. The molecular weight excluding hydrogens is 194 g/mol. The minimum atomic E-state index is -0.223. The number of ketones is 2. The van der Waals surface area contributed by atoms with Crippen LogP contribution in [0.25, 0.3) is 0 Å².